The van der Waals surface area contributed by atoms with E-state index < -0.39 is 32.9 Å². The summed E-state index contributed by atoms with van der Waals surface area (Å²) in [5.41, 5.74) is 0.523. The zero-order valence-corrected chi connectivity index (χ0v) is 20.1. The fourth-order valence-electron chi connectivity index (χ4n) is 4.25. The second-order valence-electron chi connectivity index (χ2n) is 8.34. The quantitative estimate of drug-likeness (QED) is 0.357. The van der Waals surface area contributed by atoms with Crippen LogP contribution < -0.4 is 15.6 Å². The van der Waals surface area contributed by atoms with Crippen LogP contribution in [-0.4, -0.2) is 61.0 Å². The molecule has 2 heterocycles. The van der Waals surface area contributed by atoms with Gasteiger partial charge in [0.25, 0.3) is 10.1 Å². The number of aromatic carboxylic acids is 1. The highest BCUT2D eigenvalue weighted by Crippen LogP contribution is 2.30. The molecule has 0 atom stereocenters. The number of halogens is 1. The van der Waals surface area contributed by atoms with Crippen LogP contribution in [0, 0.1) is 5.82 Å². The van der Waals surface area contributed by atoms with Gasteiger partial charge in [0.1, 0.15) is 11.4 Å². The molecule has 3 aromatic carbocycles. The van der Waals surface area contributed by atoms with Crippen LogP contribution >= 0.6 is 0 Å². The van der Waals surface area contributed by atoms with Gasteiger partial charge in [0.05, 0.1) is 23.1 Å². The fourth-order valence-corrected chi connectivity index (χ4v) is 4.25. The molecule has 0 unspecified atom stereocenters. The molecule has 0 saturated carbocycles. The molecule has 1 aliphatic rings. The summed E-state index contributed by atoms with van der Waals surface area (Å²) in [6.07, 6.45) is 2.06. The zero-order valence-electron chi connectivity index (χ0n) is 19.3. The Balaban J connectivity index is 0.000000556. The number of fused-ring (bicyclic) bond motifs is 2. The summed E-state index contributed by atoms with van der Waals surface area (Å²) in [6.45, 7) is 2.78. The van der Waals surface area contributed by atoms with Gasteiger partial charge in [-0.05, 0) is 23.6 Å². The van der Waals surface area contributed by atoms with Crippen molar-refractivity contribution < 1.29 is 27.3 Å². The normalized spacial score (nSPS) is 13.9. The largest absolute Gasteiger partial charge is 0.477 e. The Morgan fingerprint density at radius 3 is 2.31 bits per heavy atom. The third kappa shape index (κ3) is 5.38. The third-order valence-electron chi connectivity index (χ3n) is 5.79. The maximum absolute atomic E-state index is 15.0. The van der Waals surface area contributed by atoms with Crippen molar-refractivity contribution in [1.29, 1.82) is 0 Å². The predicted octanol–water partition coefficient (Wildman–Crippen LogP) is 2.89. The number of benzene rings is 3. The number of pyridine rings is 1. The minimum Gasteiger partial charge on any atom is -0.477 e. The number of aromatic nitrogens is 1. The van der Waals surface area contributed by atoms with Gasteiger partial charge in [-0.3, -0.25) is 9.35 Å². The molecular formula is C25H24FN3O6S. The van der Waals surface area contributed by atoms with Gasteiger partial charge in [-0.2, -0.15) is 8.42 Å². The van der Waals surface area contributed by atoms with Crippen molar-refractivity contribution in [2.75, 3.05) is 37.3 Å². The molecule has 1 aromatic heterocycles. The van der Waals surface area contributed by atoms with E-state index in [9.17, 15) is 23.1 Å². The van der Waals surface area contributed by atoms with Crippen molar-refractivity contribution in [3.05, 3.63) is 82.4 Å². The van der Waals surface area contributed by atoms with Gasteiger partial charge in [0.2, 0.25) is 5.43 Å². The number of hydrogen-bond donors (Lipinski definition) is 3. The lowest BCUT2D eigenvalue weighted by molar-refractivity contribution is 0.0695. The molecule has 1 fully saturated rings. The first-order chi connectivity index (χ1) is 17.0. The van der Waals surface area contributed by atoms with Crippen LogP contribution in [0.2, 0.25) is 0 Å². The number of carboxylic acid groups (broad SMARTS) is 1. The molecule has 5 rings (SSSR count). The lowest BCUT2D eigenvalue weighted by Crippen LogP contribution is -2.43. The number of nitrogens with one attached hydrogen (secondary N) is 1. The minimum atomic E-state index is -3.67. The maximum Gasteiger partial charge on any atom is 0.341 e. The number of hydrogen-bond acceptors (Lipinski definition) is 6. The molecule has 3 N–H and O–H groups in total. The van der Waals surface area contributed by atoms with Crippen molar-refractivity contribution in [2.24, 2.45) is 0 Å². The van der Waals surface area contributed by atoms with Gasteiger partial charge in [-0.15, -0.1) is 0 Å². The summed E-state index contributed by atoms with van der Waals surface area (Å²) in [6, 6.07) is 16.3. The smallest absolute Gasteiger partial charge is 0.341 e. The van der Waals surface area contributed by atoms with E-state index in [0.29, 0.717) is 30.5 Å². The van der Waals surface area contributed by atoms with Gasteiger partial charge >= 0.3 is 5.97 Å². The third-order valence-corrected chi connectivity index (χ3v) is 5.79. The van der Waals surface area contributed by atoms with Gasteiger partial charge < -0.3 is 19.9 Å². The van der Waals surface area contributed by atoms with Gasteiger partial charge in [0.15, 0.2) is 0 Å². The topological polar surface area (TPSA) is 129 Å². The summed E-state index contributed by atoms with van der Waals surface area (Å²) in [5.74, 6) is -1.87. The van der Waals surface area contributed by atoms with Crippen LogP contribution in [0.25, 0.3) is 27.4 Å². The van der Waals surface area contributed by atoms with E-state index in [-0.39, 0.29) is 5.39 Å². The first-order valence-corrected chi connectivity index (χ1v) is 12.9. The second kappa shape index (κ2) is 10.1. The molecule has 9 nitrogen and oxygen atoms in total. The van der Waals surface area contributed by atoms with Gasteiger partial charge in [0, 0.05) is 43.1 Å². The average Bonchev–Trinajstić information content (AvgIpc) is 2.83. The van der Waals surface area contributed by atoms with Gasteiger partial charge in [-0.25, -0.2) is 9.18 Å². The van der Waals surface area contributed by atoms with Crippen molar-refractivity contribution in [3.8, 4) is 5.69 Å². The van der Waals surface area contributed by atoms with E-state index in [1.54, 1.807) is 10.6 Å². The highest BCUT2D eigenvalue weighted by Gasteiger charge is 2.21. The maximum atomic E-state index is 15.0. The molecule has 1 saturated heterocycles. The molecule has 1 aliphatic heterocycles. The van der Waals surface area contributed by atoms with Crippen molar-refractivity contribution >= 4 is 43.5 Å². The summed E-state index contributed by atoms with van der Waals surface area (Å²) in [7, 11) is -3.67. The number of nitrogens with zero attached hydrogens (tertiary/aromatic N) is 2. The predicted molar refractivity (Wildman–Crippen MR) is 137 cm³/mol. The summed E-state index contributed by atoms with van der Waals surface area (Å²) < 4.78 is 42.6. The molecule has 4 aromatic rings. The van der Waals surface area contributed by atoms with Crippen LogP contribution in [-0.2, 0) is 10.1 Å². The Morgan fingerprint density at radius 1 is 1.00 bits per heavy atom. The molecule has 0 aliphatic carbocycles. The molecular weight excluding hydrogens is 489 g/mol. The number of piperazine rings is 1. The number of anilines is 1. The van der Waals surface area contributed by atoms with Crippen LogP contribution in [0.4, 0.5) is 10.1 Å². The monoisotopic (exact) mass is 513 g/mol. The Kier molecular flexibility index (Phi) is 7.07. The first kappa shape index (κ1) is 25.3. The molecule has 0 radical (unpaired) electrons. The lowest BCUT2D eigenvalue weighted by atomic mass is 10.1. The summed E-state index contributed by atoms with van der Waals surface area (Å²) in [5, 5.41) is 14.8. The van der Waals surface area contributed by atoms with Crippen LogP contribution in [0.3, 0.4) is 0 Å². The molecule has 188 valence electrons. The Bertz CT molecular complexity index is 1620. The van der Waals surface area contributed by atoms with Gasteiger partial charge in [-0.1, -0.05) is 36.4 Å². The number of carboxylic acids is 1. The number of carbonyl (C=O) groups is 1. The molecule has 0 amide bonds. The van der Waals surface area contributed by atoms with E-state index >= 15 is 4.39 Å². The first-order valence-electron chi connectivity index (χ1n) is 11.0. The van der Waals surface area contributed by atoms with Crippen LogP contribution in [0.15, 0.2) is 65.6 Å². The molecule has 0 bridgehead atoms. The highest BCUT2D eigenvalue weighted by molar-refractivity contribution is 7.85. The fraction of sp³-hybridized carbons (Fsp3) is 0.200. The SMILES string of the molecule is CS(=O)(=O)O.O=C(O)c1cn(-c2cccc3ccccc23)c2cc(N3CCNCC3)c(F)cc2c1=O. The Hall–Kier alpha value is -3.80. The van der Waals surface area contributed by atoms with E-state index in [2.05, 4.69) is 5.32 Å². The molecule has 0 spiro atoms. The Morgan fingerprint density at radius 2 is 1.64 bits per heavy atom. The average molecular weight is 514 g/mol. The standard InChI is InChI=1S/C24H20FN3O3.CH4O3S/c25-19-12-17-21(13-22(19)27-10-8-26-9-11-27)28(14-18(23(17)29)24(30)31)20-7-3-5-15-4-1-2-6-16(15)20;1-5(2,3)4/h1-7,12-14,26H,8-11H2,(H,30,31);1H3,(H,2,3,4). The summed E-state index contributed by atoms with van der Waals surface area (Å²) >= 11 is 0. The van der Waals surface area contributed by atoms with Crippen molar-refractivity contribution in [1.82, 2.24) is 9.88 Å². The van der Waals surface area contributed by atoms with E-state index in [0.717, 1.165) is 29.5 Å². The highest BCUT2D eigenvalue weighted by atomic mass is 32.2. The lowest BCUT2D eigenvalue weighted by Gasteiger charge is -2.30. The minimum absolute atomic E-state index is 0.0456. The van der Waals surface area contributed by atoms with E-state index in [1.807, 2.05) is 47.4 Å². The summed E-state index contributed by atoms with van der Waals surface area (Å²) in [4.78, 5) is 26.6. The van der Waals surface area contributed by atoms with E-state index in [4.69, 9.17) is 4.55 Å². The van der Waals surface area contributed by atoms with Crippen molar-refractivity contribution in [2.45, 2.75) is 0 Å². The Labute approximate surface area is 206 Å². The van der Waals surface area contributed by atoms with Crippen molar-refractivity contribution in [3.63, 3.8) is 0 Å². The van der Waals surface area contributed by atoms with E-state index in [1.165, 1.54) is 12.3 Å². The zero-order chi connectivity index (χ0) is 26.0. The van der Waals surface area contributed by atoms with Crippen LogP contribution in [0.5, 0.6) is 0 Å². The molecule has 36 heavy (non-hydrogen) atoms. The van der Waals surface area contributed by atoms with Crippen LogP contribution in [0.1, 0.15) is 10.4 Å². The second-order valence-corrected chi connectivity index (χ2v) is 9.80. The molecule has 11 heteroatoms. The number of rotatable bonds is 3.